The molecule has 8 heteroatoms. The van der Waals surface area contributed by atoms with Crippen LogP contribution in [-0.2, 0) is 17.6 Å². The zero-order chi connectivity index (χ0) is 19.6. The van der Waals surface area contributed by atoms with Crippen LogP contribution in [0.2, 0.25) is 0 Å². The largest absolute Gasteiger partial charge is 0.379 e. The monoisotopic (exact) mass is 523 g/mol. The van der Waals surface area contributed by atoms with E-state index >= 15 is 0 Å². The van der Waals surface area contributed by atoms with Gasteiger partial charge < -0.3 is 15.4 Å². The molecule has 1 aliphatic heterocycles. The highest BCUT2D eigenvalue weighted by Gasteiger charge is 2.23. The zero-order valence-electron chi connectivity index (χ0n) is 18.1. The number of halogens is 1. The van der Waals surface area contributed by atoms with E-state index in [0.29, 0.717) is 12.0 Å². The molecule has 0 radical (unpaired) electrons. The van der Waals surface area contributed by atoms with E-state index < -0.39 is 0 Å². The predicted molar refractivity (Wildman–Crippen MR) is 130 cm³/mol. The Morgan fingerprint density at radius 3 is 2.54 bits per heavy atom. The molecular formula is C20H38IN5OS. The van der Waals surface area contributed by atoms with Gasteiger partial charge in [0.1, 0.15) is 0 Å². The third-order valence-electron chi connectivity index (χ3n) is 4.97. The van der Waals surface area contributed by atoms with E-state index in [4.69, 9.17) is 14.7 Å². The van der Waals surface area contributed by atoms with Crippen molar-refractivity contribution >= 4 is 41.3 Å². The molecule has 162 valence electrons. The molecule has 0 spiro atoms. The first-order chi connectivity index (χ1) is 13.0. The summed E-state index contributed by atoms with van der Waals surface area (Å²) in [4.78, 5) is 13.5. The van der Waals surface area contributed by atoms with E-state index in [1.54, 1.807) is 0 Å². The molecule has 1 unspecified atom stereocenters. The van der Waals surface area contributed by atoms with Crippen molar-refractivity contribution < 1.29 is 4.74 Å². The van der Waals surface area contributed by atoms with E-state index in [1.807, 2.05) is 11.3 Å². The molecule has 0 amide bonds. The van der Waals surface area contributed by atoms with Gasteiger partial charge >= 0.3 is 0 Å². The lowest BCUT2D eigenvalue weighted by molar-refractivity contribution is 0.00867. The lowest BCUT2D eigenvalue weighted by atomic mass is 10.0. The third kappa shape index (κ3) is 8.12. The fraction of sp³-hybridized carbons (Fsp3) is 0.800. The number of hydrogen-bond acceptors (Lipinski definition) is 5. The van der Waals surface area contributed by atoms with Crippen molar-refractivity contribution in [3.63, 3.8) is 0 Å². The van der Waals surface area contributed by atoms with Crippen LogP contribution in [0, 0.1) is 12.8 Å². The lowest BCUT2D eigenvalue weighted by Crippen LogP contribution is -2.48. The number of rotatable bonds is 9. The molecule has 0 saturated carbocycles. The molecule has 1 saturated heterocycles. The van der Waals surface area contributed by atoms with E-state index in [2.05, 4.69) is 50.2 Å². The van der Waals surface area contributed by atoms with Crippen molar-refractivity contribution in [1.82, 2.24) is 20.5 Å². The molecule has 0 aromatic carbocycles. The summed E-state index contributed by atoms with van der Waals surface area (Å²) in [6.07, 6.45) is 1.95. The number of guanidine groups is 1. The SMILES string of the molecule is CCNC(=NCC(C(C)C)N1CCOCC1)NCCc1nc(CC)c(C)s1.I. The standard InChI is InChI=1S/C20H37N5OS.HI/c1-6-17-16(5)27-19(24-17)8-9-22-20(21-7-2)23-14-18(15(3)4)25-10-12-26-13-11-25;/h15,18H,6-14H2,1-5H3,(H2,21,22,23);1H. The van der Waals surface area contributed by atoms with Crippen LogP contribution < -0.4 is 10.6 Å². The molecule has 2 rings (SSSR count). The molecule has 1 atom stereocenters. The molecular weight excluding hydrogens is 485 g/mol. The number of morpholine rings is 1. The quantitative estimate of drug-likeness (QED) is 0.296. The Kier molecular flexibility index (Phi) is 12.5. The Morgan fingerprint density at radius 2 is 1.96 bits per heavy atom. The molecule has 0 bridgehead atoms. The lowest BCUT2D eigenvalue weighted by Gasteiger charge is -2.36. The maximum atomic E-state index is 5.50. The molecule has 2 N–H and O–H groups in total. The van der Waals surface area contributed by atoms with Crippen LogP contribution in [-0.4, -0.2) is 67.8 Å². The number of hydrogen-bond donors (Lipinski definition) is 2. The van der Waals surface area contributed by atoms with Gasteiger partial charge in [-0.05, 0) is 26.2 Å². The molecule has 1 fully saturated rings. The summed E-state index contributed by atoms with van der Waals surface area (Å²) in [5.74, 6) is 1.47. The Labute approximate surface area is 192 Å². The Hall–Kier alpha value is -0.450. The van der Waals surface area contributed by atoms with Gasteiger partial charge in [0.05, 0.1) is 30.5 Å². The number of nitrogens with one attached hydrogen (secondary N) is 2. The van der Waals surface area contributed by atoms with Crippen LogP contribution in [0.15, 0.2) is 4.99 Å². The Bertz CT molecular complexity index is 587. The van der Waals surface area contributed by atoms with Crippen molar-refractivity contribution in [2.24, 2.45) is 10.9 Å². The summed E-state index contributed by atoms with van der Waals surface area (Å²) in [5, 5.41) is 8.06. The maximum absolute atomic E-state index is 5.50. The maximum Gasteiger partial charge on any atom is 0.191 e. The van der Waals surface area contributed by atoms with Crippen molar-refractivity contribution in [2.45, 2.75) is 53.5 Å². The normalized spacial score (nSPS) is 16.7. The summed E-state index contributed by atoms with van der Waals surface area (Å²) >= 11 is 1.82. The summed E-state index contributed by atoms with van der Waals surface area (Å²) in [6, 6.07) is 0.457. The van der Waals surface area contributed by atoms with E-state index in [1.165, 1.54) is 15.6 Å². The summed E-state index contributed by atoms with van der Waals surface area (Å²) in [6.45, 7) is 17.2. The fourth-order valence-electron chi connectivity index (χ4n) is 3.39. The minimum atomic E-state index is 0. The molecule has 1 aromatic rings. The van der Waals surface area contributed by atoms with Gasteiger partial charge in [-0.15, -0.1) is 35.3 Å². The molecule has 2 heterocycles. The second-order valence-electron chi connectivity index (χ2n) is 7.32. The first-order valence-electron chi connectivity index (χ1n) is 10.3. The number of aliphatic imine (C=N–C) groups is 1. The molecule has 28 heavy (non-hydrogen) atoms. The minimum Gasteiger partial charge on any atom is -0.379 e. The van der Waals surface area contributed by atoms with Crippen LogP contribution in [0.25, 0.3) is 0 Å². The van der Waals surface area contributed by atoms with Crippen LogP contribution in [0.4, 0.5) is 0 Å². The topological polar surface area (TPSA) is 61.8 Å². The van der Waals surface area contributed by atoms with Gasteiger partial charge in [0.2, 0.25) is 0 Å². The minimum absolute atomic E-state index is 0. The van der Waals surface area contributed by atoms with Gasteiger partial charge in [0, 0.05) is 43.5 Å². The Balaban J connectivity index is 0.00000392. The molecule has 1 aromatic heterocycles. The summed E-state index contributed by atoms with van der Waals surface area (Å²) in [7, 11) is 0. The molecule has 0 aliphatic carbocycles. The summed E-state index contributed by atoms with van der Waals surface area (Å²) in [5.41, 5.74) is 1.24. The van der Waals surface area contributed by atoms with Crippen LogP contribution in [0.1, 0.15) is 43.3 Å². The second-order valence-corrected chi connectivity index (χ2v) is 8.61. The number of thiazole rings is 1. The number of aromatic nitrogens is 1. The van der Waals surface area contributed by atoms with Gasteiger partial charge in [-0.1, -0.05) is 20.8 Å². The van der Waals surface area contributed by atoms with Crippen molar-refractivity contribution in [3.05, 3.63) is 15.6 Å². The highest BCUT2D eigenvalue weighted by Crippen LogP contribution is 2.18. The molecule has 1 aliphatic rings. The van der Waals surface area contributed by atoms with Gasteiger partial charge in [0.25, 0.3) is 0 Å². The van der Waals surface area contributed by atoms with Gasteiger partial charge in [-0.3, -0.25) is 9.89 Å². The van der Waals surface area contributed by atoms with Crippen molar-refractivity contribution in [3.8, 4) is 0 Å². The van der Waals surface area contributed by atoms with E-state index in [0.717, 1.165) is 64.7 Å². The summed E-state index contributed by atoms with van der Waals surface area (Å²) < 4.78 is 5.50. The average Bonchev–Trinajstić information content (AvgIpc) is 3.02. The van der Waals surface area contributed by atoms with Crippen LogP contribution in [0.5, 0.6) is 0 Å². The van der Waals surface area contributed by atoms with Crippen LogP contribution in [0.3, 0.4) is 0 Å². The predicted octanol–water partition coefficient (Wildman–Crippen LogP) is 3.09. The number of aryl methyl sites for hydroxylation is 2. The van der Waals surface area contributed by atoms with Gasteiger partial charge in [-0.2, -0.15) is 0 Å². The number of ether oxygens (including phenoxy) is 1. The second kappa shape index (κ2) is 13.7. The highest BCUT2D eigenvalue weighted by molar-refractivity contribution is 14.0. The first-order valence-corrected chi connectivity index (χ1v) is 11.2. The fourth-order valence-corrected chi connectivity index (χ4v) is 4.42. The Morgan fingerprint density at radius 1 is 1.25 bits per heavy atom. The zero-order valence-corrected chi connectivity index (χ0v) is 21.2. The highest BCUT2D eigenvalue weighted by atomic mass is 127. The molecule has 6 nitrogen and oxygen atoms in total. The first kappa shape index (κ1) is 25.6. The van der Waals surface area contributed by atoms with Crippen molar-refractivity contribution in [2.75, 3.05) is 45.9 Å². The average molecular weight is 524 g/mol. The third-order valence-corrected chi connectivity index (χ3v) is 6.04. The van der Waals surface area contributed by atoms with Gasteiger partial charge in [0.15, 0.2) is 5.96 Å². The number of nitrogens with zero attached hydrogens (tertiary/aromatic N) is 3. The van der Waals surface area contributed by atoms with Crippen molar-refractivity contribution in [1.29, 1.82) is 0 Å². The smallest absolute Gasteiger partial charge is 0.191 e. The van der Waals surface area contributed by atoms with Crippen LogP contribution >= 0.6 is 35.3 Å². The van der Waals surface area contributed by atoms with E-state index in [9.17, 15) is 0 Å². The van der Waals surface area contributed by atoms with E-state index in [-0.39, 0.29) is 24.0 Å². The van der Waals surface area contributed by atoms with Gasteiger partial charge in [-0.25, -0.2) is 4.98 Å².